The Labute approximate surface area is 170 Å². The lowest BCUT2D eigenvalue weighted by atomic mass is 9.96. The topological polar surface area (TPSA) is 76.5 Å². The zero-order chi connectivity index (χ0) is 19.2. The molecule has 0 N–H and O–H groups in total. The molecular formula is C20H18N8S. The van der Waals surface area contributed by atoms with Gasteiger partial charge in [0.1, 0.15) is 11.6 Å². The van der Waals surface area contributed by atoms with Crippen LogP contribution in [0.5, 0.6) is 0 Å². The SMILES string of the molecule is c1ccn2c(C3CCN(c4ccc5nnc(-c6ccsc6)n5n4)CC3)nnc2c1. The van der Waals surface area contributed by atoms with Gasteiger partial charge in [0.2, 0.25) is 0 Å². The normalized spacial score (nSPS) is 15.5. The van der Waals surface area contributed by atoms with Gasteiger partial charge in [0, 0.05) is 36.1 Å². The maximum atomic E-state index is 4.84. The average molecular weight is 402 g/mol. The first kappa shape index (κ1) is 16.6. The van der Waals surface area contributed by atoms with E-state index in [9.17, 15) is 0 Å². The van der Waals surface area contributed by atoms with Crippen LogP contribution >= 0.6 is 11.3 Å². The van der Waals surface area contributed by atoms with E-state index in [-0.39, 0.29) is 0 Å². The van der Waals surface area contributed by atoms with Crippen molar-refractivity contribution in [2.45, 2.75) is 18.8 Å². The lowest BCUT2D eigenvalue weighted by Gasteiger charge is -2.31. The molecule has 144 valence electrons. The monoisotopic (exact) mass is 402 g/mol. The lowest BCUT2D eigenvalue weighted by molar-refractivity contribution is 0.479. The zero-order valence-electron chi connectivity index (χ0n) is 15.6. The van der Waals surface area contributed by atoms with Crippen LogP contribution in [0.15, 0.2) is 53.4 Å². The predicted octanol–water partition coefficient (Wildman–Crippen LogP) is 3.28. The largest absolute Gasteiger partial charge is 0.355 e. The van der Waals surface area contributed by atoms with Crippen LogP contribution in [-0.4, -0.2) is 47.5 Å². The first-order valence-corrected chi connectivity index (χ1v) is 10.6. The van der Waals surface area contributed by atoms with Gasteiger partial charge in [-0.1, -0.05) is 6.07 Å². The van der Waals surface area contributed by atoms with E-state index in [4.69, 9.17) is 5.10 Å². The van der Waals surface area contributed by atoms with Crippen LogP contribution in [0, 0.1) is 0 Å². The highest BCUT2D eigenvalue weighted by Gasteiger charge is 2.25. The van der Waals surface area contributed by atoms with E-state index >= 15 is 0 Å². The Bertz CT molecular complexity index is 1280. The lowest BCUT2D eigenvalue weighted by Crippen LogP contribution is -2.34. The van der Waals surface area contributed by atoms with Gasteiger partial charge in [-0.25, -0.2) is 0 Å². The van der Waals surface area contributed by atoms with Crippen LogP contribution in [0.1, 0.15) is 24.6 Å². The van der Waals surface area contributed by atoms with Crippen LogP contribution < -0.4 is 4.90 Å². The van der Waals surface area contributed by atoms with Crippen molar-refractivity contribution in [1.82, 2.24) is 34.4 Å². The highest BCUT2D eigenvalue weighted by molar-refractivity contribution is 7.08. The molecule has 0 aliphatic carbocycles. The molecule has 0 amide bonds. The third-order valence-corrected chi connectivity index (χ3v) is 6.24. The van der Waals surface area contributed by atoms with Gasteiger partial charge < -0.3 is 4.90 Å². The van der Waals surface area contributed by atoms with E-state index in [0.717, 1.165) is 60.3 Å². The molecule has 0 spiro atoms. The summed E-state index contributed by atoms with van der Waals surface area (Å²) in [5, 5.41) is 26.3. The van der Waals surface area contributed by atoms with Crippen molar-refractivity contribution in [1.29, 1.82) is 0 Å². The van der Waals surface area contributed by atoms with Crippen LogP contribution in [0.4, 0.5) is 5.82 Å². The first-order chi connectivity index (χ1) is 14.4. The summed E-state index contributed by atoms with van der Waals surface area (Å²) in [4.78, 5) is 2.33. The Morgan fingerprint density at radius 2 is 1.79 bits per heavy atom. The molecule has 5 aromatic rings. The third kappa shape index (κ3) is 2.77. The molecule has 6 rings (SSSR count). The molecule has 5 aromatic heterocycles. The number of rotatable bonds is 3. The second-order valence-electron chi connectivity index (χ2n) is 7.25. The summed E-state index contributed by atoms with van der Waals surface area (Å²) < 4.78 is 3.95. The molecule has 29 heavy (non-hydrogen) atoms. The fourth-order valence-electron chi connectivity index (χ4n) is 4.02. The Hall–Kier alpha value is -3.33. The fourth-order valence-corrected chi connectivity index (χ4v) is 4.66. The fraction of sp³-hybridized carbons (Fsp3) is 0.250. The average Bonchev–Trinajstić information content (AvgIpc) is 3.52. The summed E-state index contributed by atoms with van der Waals surface area (Å²) in [6.45, 7) is 1.86. The Balaban J connectivity index is 1.26. The maximum Gasteiger partial charge on any atom is 0.186 e. The summed E-state index contributed by atoms with van der Waals surface area (Å²) in [7, 11) is 0. The maximum absolute atomic E-state index is 4.84. The molecule has 0 saturated carbocycles. The van der Waals surface area contributed by atoms with Gasteiger partial charge in [-0.3, -0.25) is 4.40 Å². The van der Waals surface area contributed by atoms with Gasteiger partial charge in [0.25, 0.3) is 0 Å². The van der Waals surface area contributed by atoms with Crippen molar-refractivity contribution >= 4 is 28.4 Å². The van der Waals surface area contributed by atoms with Crippen LogP contribution in [0.2, 0.25) is 0 Å². The van der Waals surface area contributed by atoms with Gasteiger partial charge in [0.15, 0.2) is 17.1 Å². The summed E-state index contributed by atoms with van der Waals surface area (Å²) >= 11 is 1.65. The molecule has 1 aliphatic heterocycles. The van der Waals surface area contributed by atoms with Gasteiger partial charge >= 0.3 is 0 Å². The van der Waals surface area contributed by atoms with Crippen molar-refractivity contribution in [3.05, 3.63) is 59.2 Å². The molecule has 0 aromatic carbocycles. The number of fused-ring (bicyclic) bond motifs is 2. The molecule has 0 atom stereocenters. The number of anilines is 1. The minimum Gasteiger partial charge on any atom is -0.355 e. The number of hydrogen-bond acceptors (Lipinski definition) is 7. The van der Waals surface area contributed by atoms with E-state index in [0.29, 0.717) is 5.92 Å². The predicted molar refractivity (Wildman–Crippen MR) is 111 cm³/mol. The van der Waals surface area contributed by atoms with E-state index in [2.05, 4.69) is 35.1 Å². The summed E-state index contributed by atoms with van der Waals surface area (Å²) in [6.07, 6.45) is 4.09. The van der Waals surface area contributed by atoms with E-state index in [1.54, 1.807) is 11.3 Å². The number of aromatic nitrogens is 7. The zero-order valence-corrected chi connectivity index (χ0v) is 16.4. The number of nitrogens with zero attached hydrogens (tertiary/aromatic N) is 8. The molecule has 9 heteroatoms. The van der Waals surface area contributed by atoms with E-state index in [1.807, 2.05) is 52.5 Å². The minimum absolute atomic E-state index is 0.406. The highest BCUT2D eigenvalue weighted by atomic mass is 32.1. The standard InChI is InChI=1S/C20H18N8S/c1-2-9-27-16(3-1)21-23-19(27)14-6-10-26(11-7-14)18-5-4-17-22-24-20(28(17)25-18)15-8-12-29-13-15/h1-5,8-9,12-14H,6-7,10-11H2. The molecule has 1 aliphatic rings. The van der Waals surface area contributed by atoms with Crippen LogP contribution in [0.3, 0.4) is 0 Å². The molecule has 1 saturated heterocycles. The molecule has 8 nitrogen and oxygen atoms in total. The second kappa shape index (κ2) is 6.63. The molecule has 0 bridgehead atoms. The first-order valence-electron chi connectivity index (χ1n) is 9.66. The summed E-state index contributed by atoms with van der Waals surface area (Å²) in [5.74, 6) is 3.21. The quantitative estimate of drug-likeness (QED) is 0.461. The number of hydrogen-bond donors (Lipinski definition) is 0. The number of thiophene rings is 1. The summed E-state index contributed by atoms with van der Waals surface area (Å²) in [5.41, 5.74) is 2.72. The van der Waals surface area contributed by atoms with Gasteiger partial charge in [-0.2, -0.15) is 15.9 Å². The van der Waals surface area contributed by atoms with Crippen LogP contribution in [-0.2, 0) is 0 Å². The molecule has 6 heterocycles. The molecular weight excluding hydrogens is 384 g/mol. The minimum atomic E-state index is 0.406. The van der Waals surface area contributed by atoms with Gasteiger partial charge in [-0.15, -0.1) is 25.5 Å². The Morgan fingerprint density at radius 3 is 2.66 bits per heavy atom. The van der Waals surface area contributed by atoms with E-state index < -0.39 is 0 Å². The molecule has 0 radical (unpaired) electrons. The Kier molecular flexibility index (Phi) is 3.80. The Morgan fingerprint density at radius 1 is 0.897 bits per heavy atom. The van der Waals surface area contributed by atoms with Crippen molar-refractivity contribution in [3.63, 3.8) is 0 Å². The van der Waals surface area contributed by atoms with Crippen LogP contribution in [0.25, 0.3) is 22.7 Å². The second-order valence-corrected chi connectivity index (χ2v) is 8.03. The highest BCUT2D eigenvalue weighted by Crippen LogP contribution is 2.29. The number of piperidine rings is 1. The molecule has 0 unspecified atom stereocenters. The molecule has 1 fully saturated rings. The van der Waals surface area contributed by atoms with Crippen molar-refractivity contribution in [2.24, 2.45) is 0 Å². The smallest absolute Gasteiger partial charge is 0.186 e. The van der Waals surface area contributed by atoms with Gasteiger partial charge in [-0.05, 0) is 48.6 Å². The van der Waals surface area contributed by atoms with Crippen molar-refractivity contribution in [2.75, 3.05) is 18.0 Å². The third-order valence-electron chi connectivity index (χ3n) is 5.55. The number of pyridine rings is 1. The summed E-state index contributed by atoms with van der Waals surface area (Å²) in [6, 6.07) is 12.1. The van der Waals surface area contributed by atoms with Gasteiger partial charge in [0.05, 0.1) is 0 Å². The van der Waals surface area contributed by atoms with Crippen molar-refractivity contribution < 1.29 is 0 Å². The van der Waals surface area contributed by atoms with Crippen molar-refractivity contribution in [3.8, 4) is 11.4 Å². The van der Waals surface area contributed by atoms with E-state index in [1.165, 1.54) is 0 Å².